The zero-order chi connectivity index (χ0) is 13.5. The average Bonchev–Trinajstić information content (AvgIpc) is 2.94. The third-order valence-electron chi connectivity index (χ3n) is 2.99. The van der Waals surface area contributed by atoms with Crippen molar-refractivity contribution in [1.82, 2.24) is 15.6 Å². The first-order chi connectivity index (χ1) is 9.28. The van der Waals surface area contributed by atoms with Crippen molar-refractivity contribution in [1.29, 1.82) is 0 Å². The summed E-state index contributed by atoms with van der Waals surface area (Å²) >= 11 is 7.80. The molecule has 1 aliphatic rings. The number of halogens is 1. The van der Waals surface area contributed by atoms with E-state index in [2.05, 4.69) is 20.6 Å². The van der Waals surface area contributed by atoms with Gasteiger partial charge in [0.15, 0.2) is 5.96 Å². The molecule has 1 aromatic heterocycles. The van der Waals surface area contributed by atoms with Crippen LogP contribution in [0.15, 0.2) is 23.3 Å². The zero-order valence-electron chi connectivity index (χ0n) is 11.0. The molecule has 1 aliphatic heterocycles. The lowest BCUT2D eigenvalue weighted by molar-refractivity contribution is 0.725. The highest BCUT2D eigenvalue weighted by molar-refractivity contribution is 8.00. The molecule has 6 heteroatoms. The molecule has 2 rings (SSSR count). The van der Waals surface area contributed by atoms with Crippen molar-refractivity contribution in [3.8, 4) is 0 Å². The van der Waals surface area contributed by atoms with Gasteiger partial charge in [-0.2, -0.15) is 11.8 Å². The lowest BCUT2D eigenvalue weighted by Gasteiger charge is -2.14. The van der Waals surface area contributed by atoms with Crippen molar-refractivity contribution in [3.63, 3.8) is 0 Å². The normalized spacial score (nSPS) is 19.5. The van der Waals surface area contributed by atoms with Gasteiger partial charge < -0.3 is 10.6 Å². The average molecular weight is 299 g/mol. The van der Waals surface area contributed by atoms with Crippen LogP contribution in [-0.2, 0) is 6.54 Å². The predicted octanol–water partition coefficient (Wildman–Crippen LogP) is 2.30. The van der Waals surface area contributed by atoms with Gasteiger partial charge >= 0.3 is 0 Å². The summed E-state index contributed by atoms with van der Waals surface area (Å²) in [6, 6.07) is 3.76. The van der Waals surface area contributed by atoms with E-state index in [1.165, 1.54) is 18.6 Å². The van der Waals surface area contributed by atoms with Gasteiger partial charge in [-0.3, -0.25) is 4.99 Å². The first kappa shape index (κ1) is 14.5. The molecule has 1 unspecified atom stereocenters. The number of aromatic nitrogens is 1. The second kappa shape index (κ2) is 7.60. The van der Waals surface area contributed by atoms with E-state index in [0.29, 0.717) is 11.7 Å². The minimum atomic E-state index is 0.518. The zero-order valence-corrected chi connectivity index (χ0v) is 12.6. The highest BCUT2D eigenvalue weighted by Gasteiger charge is 2.15. The maximum atomic E-state index is 5.75. The molecule has 19 heavy (non-hydrogen) atoms. The second-order valence-electron chi connectivity index (χ2n) is 4.43. The summed E-state index contributed by atoms with van der Waals surface area (Å²) in [6.07, 6.45) is 4.41. The predicted molar refractivity (Wildman–Crippen MR) is 82.9 cm³/mol. The molecule has 0 saturated carbocycles. The topological polar surface area (TPSA) is 49.3 Å². The van der Waals surface area contributed by atoms with Crippen LogP contribution in [0, 0.1) is 0 Å². The Labute approximate surface area is 123 Å². The van der Waals surface area contributed by atoms with Crippen LogP contribution >= 0.6 is 23.4 Å². The van der Waals surface area contributed by atoms with Gasteiger partial charge in [-0.25, -0.2) is 4.98 Å². The largest absolute Gasteiger partial charge is 0.355 e. The molecule has 1 aromatic rings. The number of hydrogen-bond acceptors (Lipinski definition) is 3. The standard InChI is InChI=1S/C13H19ClN4S/c1-15-13(18-9-11-3-2-6-19-11)17-8-10-4-5-12(14)16-7-10/h4-5,7,11H,2-3,6,8-9H2,1H3,(H2,15,17,18). The van der Waals surface area contributed by atoms with Crippen molar-refractivity contribution >= 4 is 29.3 Å². The Morgan fingerprint density at radius 3 is 3.05 bits per heavy atom. The first-order valence-corrected chi connectivity index (χ1v) is 7.87. The van der Waals surface area contributed by atoms with Crippen LogP contribution in [0.2, 0.25) is 5.15 Å². The lowest BCUT2D eigenvalue weighted by Crippen LogP contribution is -2.39. The summed E-state index contributed by atoms with van der Waals surface area (Å²) in [4.78, 5) is 8.27. The molecular formula is C13H19ClN4S. The number of nitrogens with one attached hydrogen (secondary N) is 2. The van der Waals surface area contributed by atoms with E-state index in [-0.39, 0.29) is 0 Å². The molecule has 4 nitrogen and oxygen atoms in total. The first-order valence-electron chi connectivity index (χ1n) is 6.44. The molecule has 1 fully saturated rings. The molecule has 0 bridgehead atoms. The van der Waals surface area contributed by atoms with Gasteiger partial charge in [0, 0.05) is 31.6 Å². The molecule has 0 amide bonds. The monoisotopic (exact) mass is 298 g/mol. The maximum Gasteiger partial charge on any atom is 0.191 e. The number of nitrogens with zero attached hydrogens (tertiary/aromatic N) is 2. The number of hydrogen-bond donors (Lipinski definition) is 2. The van der Waals surface area contributed by atoms with E-state index in [4.69, 9.17) is 11.6 Å². The summed E-state index contributed by atoms with van der Waals surface area (Å²) in [5.74, 6) is 2.12. The number of aliphatic imine (C=N–C) groups is 1. The van der Waals surface area contributed by atoms with E-state index >= 15 is 0 Å². The summed E-state index contributed by atoms with van der Waals surface area (Å²) in [5, 5.41) is 7.88. The third-order valence-corrected chi connectivity index (χ3v) is 4.62. The van der Waals surface area contributed by atoms with Crippen molar-refractivity contribution in [2.24, 2.45) is 4.99 Å². The van der Waals surface area contributed by atoms with E-state index in [1.807, 2.05) is 17.8 Å². The lowest BCUT2D eigenvalue weighted by atomic mass is 10.2. The third kappa shape index (κ3) is 4.91. The quantitative estimate of drug-likeness (QED) is 0.509. The van der Waals surface area contributed by atoms with Crippen LogP contribution < -0.4 is 10.6 Å². The van der Waals surface area contributed by atoms with Crippen molar-refractivity contribution in [3.05, 3.63) is 29.0 Å². The molecule has 2 N–H and O–H groups in total. The smallest absolute Gasteiger partial charge is 0.191 e. The fourth-order valence-electron chi connectivity index (χ4n) is 1.93. The summed E-state index contributed by atoms with van der Waals surface area (Å²) in [6.45, 7) is 1.67. The van der Waals surface area contributed by atoms with Crippen LogP contribution in [0.1, 0.15) is 18.4 Å². The Morgan fingerprint density at radius 2 is 2.42 bits per heavy atom. The molecule has 1 atom stereocenters. The Hall–Kier alpha value is -0.940. The molecule has 0 radical (unpaired) electrons. The number of pyridine rings is 1. The van der Waals surface area contributed by atoms with Gasteiger partial charge in [-0.15, -0.1) is 0 Å². The molecule has 1 saturated heterocycles. The van der Waals surface area contributed by atoms with Crippen LogP contribution in [0.3, 0.4) is 0 Å². The van der Waals surface area contributed by atoms with E-state index in [1.54, 1.807) is 19.3 Å². The van der Waals surface area contributed by atoms with E-state index in [9.17, 15) is 0 Å². The molecule has 0 spiro atoms. The summed E-state index contributed by atoms with van der Waals surface area (Å²) < 4.78 is 0. The minimum absolute atomic E-state index is 0.518. The number of guanidine groups is 1. The Kier molecular flexibility index (Phi) is 5.79. The second-order valence-corrected chi connectivity index (χ2v) is 6.23. The van der Waals surface area contributed by atoms with Gasteiger partial charge in [0.1, 0.15) is 5.15 Å². The molecule has 104 valence electrons. The maximum absolute atomic E-state index is 5.75. The van der Waals surface area contributed by atoms with Crippen molar-refractivity contribution < 1.29 is 0 Å². The minimum Gasteiger partial charge on any atom is -0.355 e. The highest BCUT2D eigenvalue weighted by Crippen LogP contribution is 2.25. The summed E-state index contributed by atoms with van der Waals surface area (Å²) in [5.41, 5.74) is 1.09. The Bertz CT molecular complexity index is 415. The van der Waals surface area contributed by atoms with Gasteiger partial charge in [-0.05, 0) is 30.2 Å². The van der Waals surface area contributed by atoms with Crippen LogP contribution in [-0.4, -0.2) is 35.5 Å². The Morgan fingerprint density at radius 1 is 1.53 bits per heavy atom. The fraction of sp³-hybridized carbons (Fsp3) is 0.538. The molecule has 0 aromatic carbocycles. The number of thioether (sulfide) groups is 1. The van der Waals surface area contributed by atoms with Crippen LogP contribution in [0.4, 0.5) is 0 Å². The van der Waals surface area contributed by atoms with E-state index in [0.717, 1.165) is 23.3 Å². The molecule has 2 heterocycles. The highest BCUT2D eigenvalue weighted by atomic mass is 35.5. The van der Waals surface area contributed by atoms with Crippen LogP contribution in [0.25, 0.3) is 0 Å². The van der Waals surface area contributed by atoms with Gasteiger partial charge in [0.05, 0.1) is 0 Å². The number of rotatable bonds is 4. The van der Waals surface area contributed by atoms with Crippen molar-refractivity contribution in [2.75, 3.05) is 19.3 Å². The van der Waals surface area contributed by atoms with Gasteiger partial charge in [-0.1, -0.05) is 17.7 Å². The molecule has 0 aliphatic carbocycles. The fourth-order valence-corrected chi connectivity index (χ4v) is 3.25. The SMILES string of the molecule is CN=C(NCc1ccc(Cl)nc1)NCC1CCCS1. The molecular weight excluding hydrogens is 280 g/mol. The van der Waals surface area contributed by atoms with Gasteiger partial charge in [0.25, 0.3) is 0 Å². The van der Waals surface area contributed by atoms with Crippen molar-refractivity contribution in [2.45, 2.75) is 24.6 Å². The van der Waals surface area contributed by atoms with Gasteiger partial charge in [0.2, 0.25) is 0 Å². The van der Waals surface area contributed by atoms with Crippen LogP contribution in [0.5, 0.6) is 0 Å². The van der Waals surface area contributed by atoms with E-state index < -0.39 is 0 Å². The Balaban J connectivity index is 1.74. The summed E-state index contributed by atoms with van der Waals surface area (Å²) in [7, 11) is 1.79.